The van der Waals surface area contributed by atoms with E-state index in [9.17, 15) is 13.2 Å². The molecule has 2 aromatic carbocycles. The normalized spacial score (nSPS) is 13.4. The molecule has 1 aliphatic rings. The summed E-state index contributed by atoms with van der Waals surface area (Å²) in [7, 11) is -3.89. The van der Waals surface area contributed by atoms with Gasteiger partial charge < -0.3 is 4.90 Å². The standard InChI is InChI=1S/C19H14Cl2N2O3S2/c20-13-3-5-15(21)18(11-13)28(25,26)22-14-4-6-16-12(10-14)7-8-23(16)19(24)17-2-1-9-27-17/h1-6,9-11,22H,7-8H2. The van der Waals surface area contributed by atoms with Crippen LogP contribution in [0.1, 0.15) is 15.2 Å². The largest absolute Gasteiger partial charge is 0.307 e. The quantitative estimate of drug-likeness (QED) is 0.601. The lowest BCUT2D eigenvalue weighted by molar-refractivity contribution is 0.0993. The van der Waals surface area contributed by atoms with Gasteiger partial charge in [-0.05, 0) is 59.8 Å². The van der Waals surface area contributed by atoms with Gasteiger partial charge in [-0.2, -0.15) is 0 Å². The number of hydrogen-bond donors (Lipinski definition) is 1. The molecular formula is C19H14Cl2N2O3S2. The number of hydrogen-bond acceptors (Lipinski definition) is 4. The molecular weight excluding hydrogens is 439 g/mol. The van der Waals surface area contributed by atoms with E-state index in [0.29, 0.717) is 23.5 Å². The highest BCUT2D eigenvalue weighted by molar-refractivity contribution is 7.92. The summed E-state index contributed by atoms with van der Waals surface area (Å²) in [6.45, 7) is 0.558. The first-order chi connectivity index (χ1) is 13.3. The van der Waals surface area contributed by atoms with Crippen LogP contribution in [-0.4, -0.2) is 20.9 Å². The molecule has 0 saturated heterocycles. The monoisotopic (exact) mass is 452 g/mol. The smallest absolute Gasteiger partial charge is 0.268 e. The van der Waals surface area contributed by atoms with Crippen molar-refractivity contribution in [2.45, 2.75) is 11.3 Å². The van der Waals surface area contributed by atoms with Gasteiger partial charge in [-0.25, -0.2) is 8.42 Å². The van der Waals surface area contributed by atoms with Crippen LogP contribution in [0.3, 0.4) is 0 Å². The molecule has 0 unspecified atom stereocenters. The molecule has 3 aromatic rings. The van der Waals surface area contributed by atoms with Gasteiger partial charge in [0, 0.05) is 22.9 Å². The van der Waals surface area contributed by atoms with E-state index < -0.39 is 10.0 Å². The number of carbonyl (C=O) groups is 1. The maximum atomic E-state index is 12.7. The number of nitrogens with zero attached hydrogens (tertiary/aromatic N) is 1. The van der Waals surface area contributed by atoms with Gasteiger partial charge in [0.1, 0.15) is 4.90 Å². The number of nitrogens with one attached hydrogen (secondary N) is 1. The Morgan fingerprint density at radius 3 is 2.68 bits per heavy atom. The molecule has 2 heterocycles. The molecule has 0 fully saturated rings. The van der Waals surface area contributed by atoms with Crippen LogP contribution < -0.4 is 9.62 Å². The highest BCUT2D eigenvalue weighted by atomic mass is 35.5. The highest BCUT2D eigenvalue weighted by Crippen LogP contribution is 2.33. The number of sulfonamides is 1. The maximum Gasteiger partial charge on any atom is 0.268 e. The molecule has 0 saturated carbocycles. The van der Waals surface area contributed by atoms with E-state index in [0.717, 1.165) is 11.3 Å². The topological polar surface area (TPSA) is 66.5 Å². The van der Waals surface area contributed by atoms with Crippen molar-refractivity contribution in [3.05, 3.63) is 74.4 Å². The summed E-state index contributed by atoms with van der Waals surface area (Å²) >= 11 is 13.3. The van der Waals surface area contributed by atoms with Crippen LogP contribution in [0.25, 0.3) is 0 Å². The second-order valence-corrected chi connectivity index (χ2v) is 9.65. The number of fused-ring (bicyclic) bond motifs is 1. The van der Waals surface area contributed by atoms with Gasteiger partial charge in [-0.15, -0.1) is 11.3 Å². The first-order valence-electron chi connectivity index (χ1n) is 8.31. The van der Waals surface area contributed by atoms with Crippen LogP contribution in [-0.2, 0) is 16.4 Å². The summed E-state index contributed by atoms with van der Waals surface area (Å²) in [6, 6.07) is 13.0. The fourth-order valence-corrected chi connectivity index (χ4v) is 5.59. The van der Waals surface area contributed by atoms with E-state index in [1.807, 2.05) is 11.4 Å². The average Bonchev–Trinajstić information content (AvgIpc) is 3.32. The summed E-state index contributed by atoms with van der Waals surface area (Å²) in [6.07, 6.45) is 0.653. The molecule has 0 spiro atoms. The van der Waals surface area contributed by atoms with Gasteiger partial charge in [0.25, 0.3) is 15.9 Å². The molecule has 0 aliphatic carbocycles. The van der Waals surface area contributed by atoms with Crippen LogP contribution in [0.5, 0.6) is 0 Å². The summed E-state index contributed by atoms with van der Waals surface area (Å²) in [5.41, 5.74) is 2.10. The molecule has 1 N–H and O–H groups in total. The summed E-state index contributed by atoms with van der Waals surface area (Å²) in [5.74, 6) is -0.0483. The predicted octanol–water partition coefficient (Wildman–Crippen LogP) is 5.06. The third-order valence-corrected chi connectivity index (χ3v) is 7.34. The molecule has 144 valence electrons. The van der Waals surface area contributed by atoms with Gasteiger partial charge >= 0.3 is 0 Å². The van der Waals surface area contributed by atoms with Crippen molar-refractivity contribution < 1.29 is 13.2 Å². The van der Waals surface area contributed by atoms with Crippen LogP contribution in [0, 0.1) is 0 Å². The third kappa shape index (κ3) is 3.63. The molecule has 28 heavy (non-hydrogen) atoms. The van der Waals surface area contributed by atoms with Crippen molar-refractivity contribution in [1.82, 2.24) is 0 Å². The minimum Gasteiger partial charge on any atom is -0.307 e. The Kier molecular flexibility index (Phi) is 5.09. The van der Waals surface area contributed by atoms with Crippen molar-refractivity contribution in [2.24, 2.45) is 0 Å². The Hall–Kier alpha value is -2.06. The van der Waals surface area contributed by atoms with E-state index in [-0.39, 0.29) is 20.8 Å². The van der Waals surface area contributed by atoms with Crippen molar-refractivity contribution >= 4 is 61.8 Å². The molecule has 1 aromatic heterocycles. The Labute approximate surface area is 176 Å². The van der Waals surface area contributed by atoms with E-state index in [1.165, 1.54) is 29.5 Å². The fourth-order valence-electron chi connectivity index (χ4n) is 3.10. The molecule has 9 heteroatoms. The third-order valence-electron chi connectivity index (χ3n) is 4.39. The molecule has 5 nitrogen and oxygen atoms in total. The van der Waals surface area contributed by atoms with Gasteiger partial charge in [0.15, 0.2) is 0 Å². The molecule has 4 rings (SSSR count). The molecule has 0 bridgehead atoms. The minimum absolute atomic E-state index is 0.0483. The first kappa shape index (κ1) is 19.3. The Morgan fingerprint density at radius 2 is 1.93 bits per heavy atom. The Morgan fingerprint density at radius 1 is 1.11 bits per heavy atom. The van der Waals surface area contributed by atoms with E-state index in [2.05, 4.69) is 4.72 Å². The van der Waals surface area contributed by atoms with Gasteiger partial charge in [0.2, 0.25) is 0 Å². The summed E-state index contributed by atoms with van der Waals surface area (Å²) in [4.78, 5) is 14.9. The number of benzene rings is 2. The highest BCUT2D eigenvalue weighted by Gasteiger charge is 2.27. The Bertz CT molecular complexity index is 1160. The van der Waals surface area contributed by atoms with E-state index >= 15 is 0 Å². The molecule has 1 amide bonds. The van der Waals surface area contributed by atoms with Crippen molar-refractivity contribution in [1.29, 1.82) is 0 Å². The van der Waals surface area contributed by atoms with Crippen LogP contribution in [0.15, 0.2) is 58.8 Å². The Balaban J connectivity index is 1.60. The molecule has 1 aliphatic heterocycles. The first-order valence-corrected chi connectivity index (χ1v) is 11.4. The lowest BCUT2D eigenvalue weighted by atomic mass is 10.1. The SMILES string of the molecule is O=C(c1cccs1)N1CCc2cc(NS(=O)(=O)c3cc(Cl)ccc3Cl)ccc21. The van der Waals surface area contributed by atoms with E-state index in [4.69, 9.17) is 23.2 Å². The minimum atomic E-state index is -3.89. The van der Waals surface area contributed by atoms with Crippen LogP contribution in [0.4, 0.5) is 11.4 Å². The van der Waals surface area contributed by atoms with Gasteiger partial charge in [-0.1, -0.05) is 29.3 Å². The predicted molar refractivity (Wildman–Crippen MR) is 113 cm³/mol. The number of amides is 1. The molecule has 0 atom stereocenters. The zero-order chi connectivity index (χ0) is 19.9. The number of anilines is 2. The zero-order valence-corrected chi connectivity index (χ0v) is 17.5. The van der Waals surface area contributed by atoms with Crippen molar-refractivity contribution in [3.8, 4) is 0 Å². The number of rotatable bonds is 4. The number of halogens is 2. The summed E-state index contributed by atoms with van der Waals surface area (Å²) in [5, 5.41) is 2.23. The van der Waals surface area contributed by atoms with E-state index in [1.54, 1.807) is 29.2 Å². The number of carbonyl (C=O) groups excluding carboxylic acids is 1. The van der Waals surface area contributed by atoms with Gasteiger partial charge in [0.05, 0.1) is 9.90 Å². The second-order valence-electron chi connectivity index (χ2n) is 6.21. The van der Waals surface area contributed by atoms with Crippen molar-refractivity contribution in [2.75, 3.05) is 16.2 Å². The lowest BCUT2D eigenvalue weighted by Gasteiger charge is -2.17. The fraction of sp³-hybridized carbons (Fsp3) is 0.105. The summed E-state index contributed by atoms with van der Waals surface area (Å²) < 4.78 is 27.9. The van der Waals surface area contributed by atoms with Crippen LogP contribution in [0.2, 0.25) is 10.0 Å². The zero-order valence-electron chi connectivity index (χ0n) is 14.4. The van der Waals surface area contributed by atoms with Crippen molar-refractivity contribution in [3.63, 3.8) is 0 Å². The second kappa shape index (κ2) is 7.40. The van der Waals surface area contributed by atoms with Crippen LogP contribution >= 0.6 is 34.5 Å². The van der Waals surface area contributed by atoms with Gasteiger partial charge in [-0.3, -0.25) is 9.52 Å². The maximum absolute atomic E-state index is 12.7. The molecule has 0 radical (unpaired) electrons. The number of thiophene rings is 1. The lowest BCUT2D eigenvalue weighted by Crippen LogP contribution is -2.28. The average molecular weight is 453 g/mol.